The molecule has 0 aliphatic rings. The molecular formula is C27H22N4O. The first-order valence-corrected chi connectivity index (χ1v) is 10.5. The summed E-state index contributed by atoms with van der Waals surface area (Å²) in [4.78, 5) is 12.2. The van der Waals surface area contributed by atoms with Crippen LogP contribution in [0.15, 0.2) is 109 Å². The van der Waals surface area contributed by atoms with Crippen LogP contribution in [-0.2, 0) is 6.54 Å². The van der Waals surface area contributed by atoms with Gasteiger partial charge in [0.15, 0.2) is 0 Å². The second kappa shape index (κ2) is 8.78. The lowest BCUT2D eigenvalue weighted by Crippen LogP contribution is -2.28. The molecule has 32 heavy (non-hydrogen) atoms. The normalized spacial score (nSPS) is 10.8. The zero-order chi connectivity index (χ0) is 21.8. The number of amides is 2. The van der Waals surface area contributed by atoms with E-state index in [-0.39, 0.29) is 6.03 Å². The van der Waals surface area contributed by atoms with E-state index in [4.69, 9.17) is 5.10 Å². The number of rotatable bonds is 5. The third kappa shape index (κ3) is 4.37. The Bertz CT molecular complexity index is 1360. The minimum Gasteiger partial charge on any atom is -0.334 e. The summed E-state index contributed by atoms with van der Waals surface area (Å²) in [6.45, 7) is 0.482. The number of carbonyl (C=O) groups is 1. The van der Waals surface area contributed by atoms with Crippen LogP contribution in [0.5, 0.6) is 0 Å². The van der Waals surface area contributed by atoms with Crippen molar-refractivity contribution in [1.29, 1.82) is 0 Å². The zero-order valence-corrected chi connectivity index (χ0v) is 17.4. The minimum atomic E-state index is -0.237. The van der Waals surface area contributed by atoms with Gasteiger partial charge in [-0.15, -0.1) is 0 Å². The lowest BCUT2D eigenvalue weighted by Gasteiger charge is -2.09. The fourth-order valence-corrected chi connectivity index (χ4v) is 3.62. The fourth-order valence-electron chi connectivity index (χ4n) is 3.62. The van der Waals surface area contributed by atoms with Crippen LogP contribution in [0.1, 0.15) is 5.56 Å². The van der Waals surface area contributed by atoms with E-state index < -0.39 is 0 Å². The Hall–Kier alpha value is -4.38. The molecule has 0 saturated carbocycles. The Kier molecular flexibility index (Phi) is 5.37. The number of nitrogens with one attached hydrogen (secondary N) is 2. The maximum absolute atomic E-state index is 12.2. The molecule has 2 amide bonds. The standard InChI is InChI=1S/C27H22N4O/c32-27(28-19-20-6-2-1-3-7-20)29-24-12-14-25(15-13-24)31-17-16-26(30-31)23-11-10-21-8-4-5-9-22(21)18-23/h1-18H,19H2,(H2,28,29,32). The van der Waals surface area contributed by atoms with E-state index >= 15 is 0 Å². The molecule has 5 nitrogen and oxygen atoms in total. The molecule has 2 N–H and O–H groups in total. The maximum Gasteiger partial charge on any atom is 0.319 e. The number of hydrogen-bond acceptors (Lipinski definition) is 2. The molecule has 5 aromatic rings. The molecule has 0 spiro atoms. The third-order valence-corrected chi connectivity index (χ3v) is 5.32. The summed E-state index contributed by atoms with van der Waals surface area (Å²) in [5.74, 6) is 0. The number of benzene rings is 4. The van der Waals surface area contributed by atoms with E-state index in [1.54, 1.807) is 0 Å². The van der Waals surface area contributed by atoms with Crippen molar-refractivity contribution in [3.8, 4) is 16.9 Å². The molecule has 0 radical (unpaired) electrons. The average molecular weight is 419 g/mol. The molecule has 4 aromatic carbocycles. The van der Waals surface area contributed by atoms with Gasteiger partial charge in [-0.3, -0.25) is 0 Å². The van der Waals surface area contributed by atoms with Gasteiger partial charge in [0.25, 0.3) is 0 Å². The Morgan fingerprint density at radius 1 is 0.781 bits per heavy atom. The number of urea groups is 1. The molecule has 0 unspecified atom stereocenters. The van der Waals surface area contributed by atoms with Crippen LogP contribution in [0.4, 0.5) is 10.5 Å². The third-order valence-electron chi connectivity index (χ3n) is 5.32. The Balaban J connectivity index is 1.25. The summed E-state index contributed by atoms with van der Waals surface area (Å²) < 4.78 is 1.84. The molecule has 0 aliphatic heterocycles. The smallest absolute Gasteiger partial charge is 0.319 e. The van der Waals surface area contributed by atoms with Crippen LogP contribution in [0, 0.1) is 0 Å². The van der Waals surface area contributed by atoms with Gasteiger partial charge in [0, 0.05) is 24.0 Å². The van der Waals surface area contributed by atoms with Crippen molar-refractivity contribution >= 4 is 22.5 Å². The van der Waals surface area contributed by atoms with Crippen molar-refractivity contribution in [2.75, 3.05) is 5.32 Å². The molecule has 5 rings (SSSR count). The SMILES string of the molecule is O=C(NCc1ccccc1)Nc1ccc(-n2ccc(-c3ccc4ccccc4c3)n2)cc1. The summed E-state index contributed by atoms with van der Waals surface area (Å²) in [6.07, 6.45) is 1.94. The molecule has 0 aliphatic carbocycles. The highest BCUT2D eigenvalue weighted by Gasteiger charge is 2.06. The van der Waals surface area contributed by atoms with E-state index in [0.29, 0.717) is 6.54 Å². The lowest BCUT2D eigenvalue weighted by molar-refractivity contribution is 0.251. The highest BCUT2D eigenvalue weighted by molar-refractivity contribution is 5.89. The Morgan fingerprint density at radius 3 is 2.34 bits per heavy atom. The van der Waals surface area contributed by atoms with Gasteiger partial charge in [0.1, 0.15) is 0 Å². The number of hydrogen-bond donors (Lipinski definition) is 2. The summed E-state index contributed by atoms with van der Waals surface area (Å²) in [7, 11) is 0. The molecule has 1 aromatic heterocycles. The van der Waals surface area contributed by atoms with Crippen molar-refractivity contribution in [3.05, 3.63) is 115 Å². The van der Waals surface area contributed by atoms with Crippen LogP contribution in [0.25, 0.3) is 27.7 Å². The number of nitrogens with zero attached hydrogens (tertiary/aromatic N) is 2. The van der Waals surface area contributed by atoms with Gasteiger partial charge in [-0.2, -0.15) is 5.10 Å². The molecule has 5 heteroatoms. The molecular weight excluding hydrogens is 396 g/mol. The van der Waals surface area contributed by atoms with Gasteiger partial charge in [-0.05, 0) is 52.7 Å². The van der Waals surface area contributed by atoms with Crippen molar-refractivity contribution < 1.29 is 4.79 Å². The van der Waals surface area contributed by atoms with Gasteiger partial charge < -0.3 is 10.6 Å². The second-order valence-corrected chi connectivity index (χ2v) is 7.55. The van der Waals surface area contributed by atoms with Crippen LogP contribution in [-0.4, -0.2) is 15.8 Å². The number of aromatic nitrogens is 2. The van der Waals surface area contributed by atoms with E-state index in [2.05, 4.69) is 41.0 Å². The highest BCUT2D eigenvalue weighted by Crippen LogP contribution is 2.24. The summed E-state index contributed by atoms with van der Waals surface area (Å²) in [5, 5.41) is 12.9. The molecule has 0 saturated heterocycles. The van der Waals surface area contributed by atoms with Crippen molar-refractivity contribution in [1.82, 2.24) is 15.1 Å². The lowest BCUT2D eigenvalue weighted by atomic mass is 10.1. The number of anilines is 1. The quantitative estimate of drug-likeness (QED) is 0.367. The second-order valence-electron chi connectivity index (χ2n) is 7.55. The van der Waals surface area contributed by atoms with Gasteiger partial charge in [-0.1, -0.05) is 66.7 Å². The first-order chi connectivity index (χ1) is 15.7. The molecule has 0 bridgehead atoms. The summed E-state index contributed by atoms with van der Waals surface area (Å²) in [6, 6.07) is 33.9. The largest absolute Gasteiger partial charge is 0.334 e. The molecule has 1 heterocycles. The topological polar surface area (TPSA) is 59.0 Å². The van der Waals surface area contributed by atoms with Crippen LogP contribution in [0.3, 0.4) is 0 Å². The average Bonchev–Trinajstić information content (AvgIpc) is 3.34. The van der Waals surface area contributed by atoms with Crippen LogP contribution in [0.2, 0.25) is 0 Å². The summed E-state index contributed by atoms with van der Waals surface area (Å²) >= 11 is 0. The van der Waals surface area contributed by atoms with Gasteiger partial charge in [-0.25, -0.2) is 9.48 Å². The van der Waals surface area contributed by atoms with Crippen LogP contribution < -0.4 is 10.6 Å². The molecule has 156 valence electrons. The van der Waals surface area contributed by atoms with E-state index in [0.717, 1.165) is 28.2 Å². The highest BCUT2D eigenvalue weighted by atomic mass is 16.2. The van der Waals surface area contributed by atoms with Crippen molar-refractivity contribution in [2.24, 2.45) is 0 Å². The van der Waals surface area contributed by atoms with E-state index in [9.17, 15) is 4.79 Å². The number of fused-ring (bicyclic) bond motifs is 1. The number of carbonyl (C=O) groups excluding carboxylic acids is 1. The van der Waals surface area contributed by atoms with Gasteiger partial charge in [0.05, 0.1) is 11.4 Å². The predicted octanol–water partition coefficient (Wildman–Crippen LogP) is 6.01. The molecule has 0 atom stereocenters. The first-order valence-electron chi connectivity index (χ1n) is 10.5. The zero-order valence-electron chi connectivity index (χ0n) is 17.4. The summed E-state index contributed by atoms with van der Waals surface area (Å²) in [5.41, 5.74) is 4.70. The predicted molar refractivity (Wildman–Crippen MR) is 129 cm³/mol. The van der Waals surface area contributed by atoms with Crippen molar-refractivity contribution in [3.63, 3.8) is 0 Å². The van der Waals surface area contributed by atoms with E-state index in [1.807, 2.05) is 83.7 Å². The van der Waals surface area contributed by atoms with Crippen LogP contribution >= 0.6 is 0 Å². The maximum atomic E-state index is 12.2. The monoisotopic (exact) mass is 418 g/mol. The minimum absolute atomic E-state index is 0.237. The van der Waals surface area contributed by atoms with E-state index in [1.165, 1.54) is 10.8 Å². The fraction of sp³-hybridized carbons (Fsp3) is 0.0370. The Morgan fingerprint density at radius 2 is 1.53 bits per heavy atom. The van der Waals surface area contributed by atoms with Gasteiger partial charge in [0.2, 0.25) is 0 Å². The van der Waals surface area contributed by atoms with Crippen molar-refractivity contribution in [2.45, 2.75) is 6.54 Å². The van der Waals surface area contributed by atoms with Gasteiger partial charge >= 0.3 is 6.03 Å². The molecule has 0 fully saturated rings. The Labute approximate surface area is 186 Å². The first kappa shape index (κ1) is 19.6.